The molecule has 1 unspecified atom stereocenters. The van der Waals surface area contributed by atoms with Gasteiger partial charge in [-0.3, -0.25) is 19.1 Å². The molecule has 0 bridgehead atoms. The van der Waals surface area contributed by atoms with Gasteiger partial charge in [0.15, 0.2) is 0 Å². The minimum atomic E-state index is -0.0889. The van der Waals surface area contributed by atoms with Crippen LogP contribution in [0.25, 0.3) is 10.9 Å². The summed E-state index contributed by atoms with van der Waals surface area (Å²) in [5.41, 5.74) is 0.599. The third-order valence-corrected chi connectivity index (χ3v) is 5.11. The predicted molar refractivity (Wildman–Crippen MR) is 98.5 cm³/mol. The molecule has 25 heavy (non-hydrogen) atoms. The highest BCUT2D eigenvalue weighted by molar-refractivity contribution is 5.77. The quantitative estimate of drug-likeness (QED) is 0.802. The highest BCUT2D eigenvalue weighted by Crippen LogP contribution is 2.17. The molecule has 6 nitrogen and oxygen atoms in total. The van der Waals surface area contributed by atoms with Gasteiger partial charge >= 0.3 is 0 Å². The Morgan fingerprint density at radius 2 is 2.16 bits per heavy atom. The number of aromatic nitrogens is 2. The lowest BCUT2D eigenvalue weighted by Crippen LogP contribution is -2.41. The molecule has 1 aliphatic heterocycles. The lowest BCUT2D eigenvalue weighted by Gasteiger charge is -2.27. The summed E-state index contributed by atoms with van der Waals surface area (Å²) in [6.45, 7) is 5.45. The summed E-state index contributed by atoms with van der Waals surface area (Å²) >= 11 is 0. The lowest BCUT2D eigenvalue weighted by atomic mass is 10.2. The summed E-state index contributed by atoms with van der Waals surface area (Å²) in [4.78, 5) is 33.4. The monoisotopic (exact) mass is 342 g/mol. The first kappa shape index (κ1) is 17.6. The topological polar surface area (TPSA) is 58.4 Å². The maximum absolute atomic E-state index is 12.5. The molecule has 0 aliphatic carbocycles. The molecule has 2 aromatic rings. The number of amides is 1. The van der Waals surface area contributed by atoms with Crippen molar-refractivity contribution in [3.63, 3.8) is 0 Å². The molecule has 1 atom stereocenters. The van der Waals surface area contributed by atoms with Crippen LogP contribution in [0.15, 0.2) is 35.4 Å². The highest BCUT2D eigenvalue weighted by atomic mass is 16.2. The van der Waals surface area contributed by atoms with Crippen LogP contribution >= 0.6 is 0 Å². The van der Waals surface area contributed by atoms with E-state index >= 15 is 0 Å². The fourth-order valence-corrected chi connectivity index (χ4v) is 3.61. The van der Waals surface area contributed by atoms with Crippen molar-refractivity contribution in [2.45, 2.75) is 38.8 Å². The summed E-state index contributed by atoms with van der Waals surface area (Å²) in [6, 6.07) is 7.75. The van der Waals surface area contributed by atoms with Gasteiger partial charge in [0.2, 0.25) is 5.91 Å². The van der Waals surface area contributed by atoms with E-state index in [1.807, 2.05) is 25.2 Å². The van der Waals surface area contributed by atoms with E-state index in [9.17, 15) is 9.59 Å². The Morgan fingerprint density at radius 1 is 1.36 bits per heavy atom. The van der Waals surface area contributed by atoms with Crippen molar-refractivity contribution in [2.24, 2.45) is 0 Å². The maximum atomic E-state index is 12.5. The highest BCUT2D eigenvalue weighted by Gasteiger charge is 2.25. The molecule has 1 aliphatic rings. The Bertz CT molecular complexity index is 801. The second kappa shape index (κ2) is 7.78. The summed E-state index contributed by atoms with van der Waals surface area (Å²) < 4.78 is 1.53. The van der Waals surface area contributed by atoms with Crippen LogP contribution < -0.4 is 5.56 Å². The van der Waals surface area contributed by atoms with E-state index in [1.165, 1.54) is 17.3 Å². The van der Waals surface area contributed by atoms with E-state index < -0.39 is 0 Å². The number of hydrogen-bond donors (Lipinski definition) is 0. The Labute approximate surface area is 148 Å². The first-order chi connectivity index (χ1) is 12.1. The van der Waals surface area contributed by atoms with Gasteiger partial charge in [-0.2, -0.15) is 0 Å². The zero-order valence-corrected chi connectivity index (χ0v) is 15.0. The second-order valence-electron chi connectivity index (χ2n) is 6.71. The number of hydrogen-bond acceptors (Lipinski definition) is 4. The number of likely N-dealkylation sites (tertiary alicyclic amines) is 1. The number of aryl methyl sites for hydroxylation is 1. The van der Waals surface area contributed by atoms with E-state index in [0.29, 0.717) is 29.9 Å². The number of carbonyl (C=O) groups excluding carboxylic acids is 1. The van der Waals surface area contributed by atoms with Crippen LogP contribution in [0.3, 0.4) is 0 Å². The Hall–Kier alpha value is -2.21. The van der Waals surface area contributed by atoms with E-state index in [0.717, 1.165) is 26.1 Å². The molecular weight excluding hydrogens is 316 g/mol. The van der Waals surface area contributed by atoms with Crippen LogP contribution in [-0.2, 0) is 11.3 Å². The molecule has 0 N–H and O–H groups in total. The minimum Gasteiger partial charge on any atom is -0.344 e. The standard InChI is InChI=1S/C19H26N4O2/c1-3-22-11-6-7-15(22)13-21(2)18(24)10-12-23-14-20-17-9-5-4-8-16(17)19(23)25/h4-5,8-9,14-15H,3,6-7,10-13H2,1-2H3. The van der Waals surface area contributed by atoms with E-state index in [1.54, 1.807) is 11.0 Å². The average molecular weight is 342 g/mol. The normalized spacial score (nSPS) is 17.9. The molecule has 3 rings (SSSR count). The molecule has 1 fully saturated rings. The van der Waals surface area contributed by atoms with Gasteiger partial charge < -0.3 is 4.90 Å². The molecule has 6 heteroatoms. The molecule has 0 saturated carbocycles. The van der Waals surface area contributed by atoms with Crippen molar-refractivity contribution in [1.82, 2.24) is 19.4 Å². The van der Waals surface area contributed by atoms with Gasteiger partial charge in [0.25, 0.3) is 5.56 Å². The average Bonchev–Trinajstić information content (AvgIpc) is 3.08. The summed E-state index contributed by atoms with van der Waals surface area (Å²) in [7, 11) is 1.86. The van der Waals surface area contributed by atoms with Crippen LogP contribution in [0, 0.1) is 0 Å². The van der Waals surface area contributed by atoms with Gasteiger partial charge in [0.1, 0.15) is 0 Å². The third-order valence-electron chi connectivity index (χ3n) is 5.11. The van der Waals surface area contributed by atoms with Crippen LogP contribution in [-0.4, -0.2) is 58.0 Å². The SMILES string of the molecule is CCN1CCCC1CN(C)C(=O)CCn1cnc2ccccc2c1=O. The van der Waals surface area contributed by atoms with Gasteiger partial charge in [0, 0.05) is 32.6 Å². The van der Waals surface area contributed by atoms with Crippen molar-refractivity contribution in [2.75, 3.05) is 26.7 Å². The van der Waals surface area contributed by atoms with Crippen LogP contribution in [0.4, 0.5) is 0 Å². The van der Waals surface area contributed by atoms with Crippen molar-refractivity contribution in [1.29, 1.82) is 0 Å². The molecule has 2 heterocycles. The molecule has 0 radical (unpaired) electrons. The first-order valence-electron chi connectivity index (χ1n) is 9.02. The molecule has 1 saturated heterocycles. The number of rotatable bonds is 6. The molecule has 1 amide bonds. The van der Waals surface area contributed by atoms with Crippen molar-refractivity contribution >= 4 is 16.8 Å². The molecule has 1 aromatic heterocycles. The summed E-state index contributed by atoms with van der Waals surface area (Å²) in [6.07, 6.45) is 4.21. The Kier molecular flexibility index (Phi) is 5.48. The van der Waals surface area contributed by atoms with Gasteiger partial charge in [0.05, 0.1) is 17.2 Å². The number of para-hydroxylation sites is 1. The van der Waals surface area contributed by atoms with Crippen molar-refractivity contribution in [3.05, 3.63) is 40.9 Å². The fourth-order valence-electron chi connectivity index (χ4n) is 3.61. The van der Waals surface area contributed by atoms with Crippen LogP contribution in [0.1, 0.15) is 26.2 Å². The third kappa shape index (κ3) is 3.90. The number of nitrogens with zero attached hydrogens (tertiary/aromatic N) is 4. The number of fused-ring (bicyclic) bond motifs is 1. The zero-order valence-electron chi connectivity index (χ0n) is 15.0. The van der Waals surface area contributed by atoms with E-state index in [2.05, 4.69) is 16.8 Å². The smallest absolute Gasteiger partial charge is 0.261 e. The first-order valence-corrected chi connectivity index (χ1v) is 9.02. The largest absolute Gasteiger partial charge is 0.344 e. The molecule has 1 aromatic carbocycles. The number of likely N-dealkylation sites (N-methyl/N-ethyl adjacent to an activating group) is 2. The van der Waals surface area contributed by atoms with Gasteiger partial charge in [-0.15, -0.1) is 0 Å². The van der Waals surface area contributed by atoms with Crippen molar-refractivity contribution in [3.8, 4) is 0 Å². The molecule has 0 spiro atoms. The van der Waals surface area contributed by atoms with E-state index in [-0.39, 0.29) is 11.5 Å². The summed E-state index contributed by atoms with van der Waals surface area (Å²) in [5.74, 6) is 0.0722. The Morgan fingerprint density at radius 3 is 2.96 bits per heavy atom. The molecular formula is C19H26N4O2. The summed E-state index contributed by atoms with van der Waals surface area (Å²) in [5, 5.41) is 0.593. The van der Waals surface area contributed by atoms with Gasteiger partial charge in [-0.1, -0.05) is 19.1 Å². The molecule has 134 valence electrons. The van der Waals surface area contributed by atoms with Gasteiger partial charge in [-0.05, 0) is 38.1 Å². The van der Waals surface area contributed by atoms with Crippen LogP contribution in [0.5, 0.6) is 0 Å². The maximum Gasteiger partial charge on any atom is 0.261 e. The zero-order chi connectivity index (χ0) is 17.8. The predicted octanol–water partition coefficient (Wildman–Crippen LogP) is 1.73. The van der Waals surface area contributed by atoms with Gasteiger partial charge in [-0.25, -0.2) is 4.98 Å². The van der Waals surface area contributed by atoms with Crippen LogP contribution in [0.2, 0.25) is 0 Å². The van der Waals surface area contributed by atoms with E-state index in [4.69, 9.17) is 0 Å². The van der Waals surface area contributed by atoms with Crippen molar-refractivity contribution < 1.29 is 4.79 Å². The lowest BCUT2D eigenvalue weighted by molar-refractivity contribution is -0.130. The minimum absolute atomic E-state index is 0.0722. The number of carbonyl (C=O) groups is 1. The fraction of sp³-hybridized carbons (Fsp3) is 0.526. The second-order valence-corrected chi connectivity index (χ2v) is 6.71. The number of benzene rings is 1. The Balaban J connectivity index is 1.60.